The number of phenolic OH excluding ortho intramolecular Hbond substituents is 2. The number of ether oxygens (including phenoxy) is 1. The maximum Gasteiger partial charge on any atom is 0.328 e. The third-order valence-corrected chi connectivity index (χ3v) is 8.27. The van der Waals surface area contributed by atoms with Crippen LogP contribution >= 0.6 is 0 Å². The standard InChI is InChI=1S/C28H36N4O10/c1-5-7-12(27(40)42-6-2)31-11-9-8-10-13(20(11)33)21(34)15-14(18(10)29)22(35)17-19(32(3)4)23(36)16(26(30)39)25(38)28(17,41)24(15)37/h8-9,12,16-17,19,22,24,31,33-35,37,41H,5-7,29H2,1-4H3,(H2,30,39)/t12?,16?,17-,19+,22+,24?,28+/m1/s1. The van der Waals surface area contributed by atoms with Gasteiger partial charge in [0.15, 0.2) is 23.1 Å². The van der Waals surface area contributed by atoms with Crippen LogP contribution < -0.4 is 16.8 Å². The number of likely N-dealkylation sites (N-methyl/N-ethyl adjacent to an activating group) is 1. The van der Waals surface area contributed by atoms with E-state index < -0.39 is 82.2 Å². The molecule has 0 bridgehead atoms. The van der Waals surface area contributed by atoms with E-state index in [1.165, 1.54) is 31.1 Å². The second kappa shape index (κ2) is 11.0. The Bertz CT molecular complexity index is 1480. The number of aromatic hydroxyl groups is 2. The van der Waals surface area contributed by atoms with Crippen molar-refractivity contribution in [3.8, 4) is 11.5 Å². The van der Waals surface area contributed by atoms with E-state index in [0.29, 0.717) is 12.8 Å². The van der Waals surface area contributed by atoms with Crippen LogP contribution in [0.25, 0.3) is 10.8 Å². The molecule has 0 radical (unpaired) electrons. The van der Waals surface area contributed by atoms with Crippen LogP contribution in [-0.4, -0.2) is 92.3 Å². The summed E-state index contributed by atoms with van der Waals surface area (Å²) in [6.07, 6.45) is -3.25. The van der Waals surface area contributed by atoms with Gasteiger partial charge in [-0.05, 0) is 39.6 Å². The molecular weight excluding hydrogens is 552 g/mol. The van der Waals surface area contributed by atoms with E-state index in [0.717, 1.165) is 0 Å². The fraction of sp³-hybridized carbons (Fsp3) is 0.500. The molecule has 2 aliphatic rings. The Kier molecular flexibility index (Phi) is 8.12. The van der Waals surface area contributed by atoms with Crippen molar-refractivity contribution >= 4 is 45.6 Å². The molecule has 0 saturated heterocycles. The number of nitrogens with one attached hydrogen (secondary N) is 1. The zero-order valence-corrected chi connectivity index (χ0v) is 23.6. The highest BCUT2D eigenvalue weighted by Gasteiger charge is 2.68. The second-order valence-electron chi connectivity index (χ2n) is 10.9. The van der Waals surface area contributed by atoms with Crippen LogP contribution in [0.5, 0.6) is 11.5 Å². The molecule has 1 fully saturated rings. The van der Waals surface area contributed by atoms with Gasteiger partial charge >= 0.3 is 5.97 Å². The minimum absolute atomic E-state index is 0.00638. The lowest BCUT2D eigenvalue weighted by atomic mass is 9.56. The molecule has 0 heterocycles. The number of nitrogen functional groups attached to an aromatic ring is 1. The van der Waals surface area contributed by atoms with Gasteiger partial charge in [-0.3, -0.25) is 19.3 Å². The number of carbonyl (C=O) groups excluding carboxylic acids is 4. The van der Waals surface area contributed by atoms with E-state index in [4.69, 9.17) is 16.2 Å². The minimum Gasteiger partial charge on any atom is -0.507 e. The summed E-state index contributed by atoms with van der Waals surface area (Å²) in [7, 11) is 2.84. The molecule has 14 heteroatoms. The fourth-order valence-corrected chi connectivity index (χ4v) is 6.38. The van der Waals surface area contributed by atoms with Crippen LogP contribution in [0.15, 0.2) is 12.1 Å². The van der Waals surface area contributed by atoms with Crippen molar-refractivity contribution in [3.05, 3.63) is 23.3 Å². The SMILES string of the molecule is CCCC(Nc1ccc2c(N)c3c(c(O)c2c1O)C(O)[C@]1(O)C(=O)C(C(N)=O)C(=O)[C@@H](N(C)C)[C@@H]1[C@H]3O)C(=O)OCC. The molecule has 0 aliphatic heterocycles. The van der Waals surface area contributed by atoms with Gasteiger partial charge < -0.3 is 47.1 Å². The number of aliphatic hydroxyl groups is 3. The van der Waals surface area contributed by atoms with E-state index in [9.17, 15) is 44.7 Å². The summed E-state index contributed by atoms with van der Waals surface area (Å²) in [6.45, 7) is 3.63. The van der Waals surface area contributed by atoms with E-state index in [1.807, 2.05) is 6.92 Å². The van der Waals surface area contributed by atoms with Crippen molar-refractivity contribution in [2.45, 2.75) is 56.6 Å². The van der Waals surface area contributed by atoms with E-state index in [2.05, 4.69) is 5.32 Å². The smallest absolute Gasteiger partial charge is 0.328 e. The first kappa shape index (κ1) is 31.0. The monoisotopic (exact) mass is 588 g/mol. The summed E-state index contributed by atoms with van der Waals surface area (Å²) < 4.78 is 5.10. The molecular formula is C28H36N4O10. The van der Waals surface area contributed by atoms with E-state index in [-0.39, 0.29) is 34.3 Å². The fourth-order valence-electron chi connectivity index (χ4n) is 6.38. The zero-order chi connectivity index (χ0) is 31.4. The number of Topliss-reactive ketones (excluding diaryl/α,β-unsaturated/α-hetero) is 2. The van der Waals surface area contributed by atoms with Crippen LogP contribution in [-0.2, 0) is 23.9 Å². The molecule has 42 heavy (non-hydrogen) atoms. The van der Waals surface area contributed by atoms with Gasteiger partial charge in [0.1, 0.15) is 23.6 Å². The Morgan fingerprint density at radius 2 is 1.76 bits per heavy atom. The number of aliphatic hydroxyl groups excluding tert-OH is 2. The van der Waals surface area contributed by atoms with Crippen molar-refractivity contribution in [1.82, 2.24) is 4.90 Å². The summed E-state index contributed by atoms with van der Waals surface area (Å²) in [4.78, 5) is 52.6. The number of phenols is 2. The summed E-state index contributed by atoms with van der Waals surface area (Å²) in [5.74, 6) is -9.56. The van der Waals surface area contributed by atoms with Crippen LogP contribution in [0.4, 0.5) is 11.4 Å². The van der Waals surface area contributed by atoms with E-state index in [1.54, 1.807) is 6.92 Å². The predicted molar refractivity (Wildman–Crippen MR) is 149 cm³/mol. The average Bonchev–Trinajstić information content (AvgIpc) is 2.91. The highest BCUT2D eigenvalue weighted by Crippen LogP contribution is 2.59. The number of hydrogen-bond acceptors (Lipinski definition) is 13. The lowest BCUT2D eigenvalue weighted by molar-refractivity contribution is -0.202. The highest BCUT2D eigenvalue weighted by molar-refractivity contribution is 6.24. The van der Waals surface area contributed by atoms with Gasteiger partial charge in [0.05, 0.1) is 35.7 Å². The first-order valence-electron chi connectivity index (χ1n) is 13.5. The maximum absolute atomic E-state index is 13.5. The Labute approximate surface area is 240 Å². The quantitative estimate of drug-likeness (QED) is 0.0643. The number of ketones is 2. The number of hydrogen-bond donors (Lipinski definition) is 8. The Morgan fingerprint density at radius 3 is 2.31 bits per heavy atom. The predicted octanol–water partition coefficient (Wildman–Crippen LogP) is -0.412. The number of anilines is 2. The lowest BCUT2D eigenvalue weighted by Gasteiger charge is -2.53. The van der Waals surface area contributed by atoms with Crippen molar-refractivity contribution in [1.29, 1.82) is 0 Å². The number of nitrogens with two attached hydrogens (primary N) is 2. The maximum atomic E-state index is 13.5. The largest absolute Gasteiger partial charge is 0.507 e. The van der Waals surface area contributed by atoms with Crippen LogP contribution in [0.1, 0.15) is 50.0 Å². The van der Waals surface area contributed by atoms with Crippen molar-refractivity contribution in [2.75, 3.05) is 31.8 Å². The lowest BCUT2D eigenvalue weighted by Crippen LogP contribution is -2.71. The second-order valence-corrected chi connectivity index (χ2v) is 10.9. The molecule has 1 amide bonds. The number of primary amides is 1. The molecule has 2 aromatic carbocycles. The van der Waals surface area contributed by atoms with Gasteiger partial charge in [-0.25, -0.2) is 4.79 Å². The number of rotatable bonds is 8. The molecule has 228 valence electrons. The molecule has 10 N–H and O–H groups in total. The number of esters is 1. The van der Waals surface area contributed by atoms with Crippen molar-refractivity contribution in [2.24, 2.45) is 17.6 Å². The van der Waals surface area contributed by atoms with Gasteiger partial charge in [0, 0.05) is 22.2 Å². The number of benzene rings is 2. The Hall–Kier alpha value is -3.98. The van der Waals surface area contributed by atoms with E-state index >= 15 is 0 Å². The van der Waals surface area contributed by atoms with Gasteiger partial charge in [-0.1, -0.05) is 13.3 Å². The Balaban J connectivity index is 1.97. The minimum atomic E-state index is -2.96. The summed E-state index contributed by atoms with van der Waals surface area (Å²) in [5, 5.41) is 60.2. The normalized spacial score (nSPS) is 27.9. The third kappa shape index (κ3) is 4.33. The molecule has 3 unspecified atom stereocenters. The molecule has 7 atom stereocenters. The molecule has 14 nitrogen and oxygen atoms in total. The van der Waals surface area contributed by atoms with Crippen molar-refractivity contribution in [3.63, 3.8) is 0 Å². The summed E-state index contributed by atoms with van der Waals surface area (Å²) in [5.41, 5.74) is 7.76. The molecule has 0 aromatic heterocycles. The third-order valence-electron chi connectivity index (χ3n) is 8.27. The topological polar surface area (TPSA) is 246 Å². The summed E-state index contributed by atoms with van der Waals surface area (Å²) >= 11 is 0. The van der Waals surface area contributed by atoms with Gasteiger partial charge in [0.25, 0.3) is 0 Å². The van der Waals surface area contributed by atoms with Crippen LogP contribution in [0.3, 0.4) is 0 Å². The van der Waals surface area contributed by atoms with Gasteiger partial charge in [0.2, 0.25) is 5.91 Å². The highest BCUT2D eigenvalue weighted by atomic mass is 16.5. The Morgan fingerprint density at radius 1 is 1.12 bits per heavy atom. The first-order valence-corrected chi connectivity index (χ1v) is 13.5. The zero-order valence-electron chi connectivity index (χ0n) is 23.6. The number of nitrogens with zero attached hydrogens (tertiary/aromatic N) is 1. The van der Waals surface area contributed by atoms with Crippen molar-refractivity contribution < 1.29 is 49.4 Å². The van der Waals surface area contributed by atoms with Crippen LogP contribution in [0, 0.1) is 11.8 Å². The average molecular weight is 589 g/mol. The van der Waals surface area contributed by atoms with Gasteiger partial charge in [-0.15, -0.1) is 0 Å². The first-order chi connectivity index (χ1) is 19.7. The molecule has 0 spiro atoms. The molecule has 4 rings (SSSR count). The van der Waals surface area contributed by atoms with Gasteiger partial charge in [-0.2, -0.15) is 0 Å². The number of fused-ring (bicyclic) bond motifs is 3. The molecule has 2 aromatic rings. The number of carbonyl (C=O) groups is 4. The molecule has 2 aliphatic carbocycles. The number of amides is 1. The van der Waals surface area contributed by atoms with Crippen LogP contribution in [0.2, 0.25) is 0 Å². The molecule has 1 saturated carbocycles. The summed E-state index contributed by atoms with van der Waals surface area (Å²) in [6, 6.07) is 0.496.